The lowest BCUT2D eigenvalue weighted by Gasteiger charge is -2.11. The zero-order valence-corrected chi connectivity index (χ0v) is 17.3. The average Bonchev–Trinajstić information content (AvgIpc) is 2.67. The van der Waals surface area contributed by atoms with Gasteiger partial charge in [0.2, 0.25) is 0 Å². The molecule has 3 aromatic carbocycles. The second-order valence-electron chi connectivity index (χ2n) is 6.24. The lowest BCUT2D eigenvalue weighted by molar-refractivity contribution is 0.306. The summed E-state index contributed by atoms with van der Waals surface area (Å²) in [5.74, 6) is 0.414. The third-order valence-corrected chi connectivity index (χ3v) is 5.01. The van der Waals surface area contributed by atoms with E-state index < -0.39 is 0 Å². The minimum atomic E-state index is 0.359. The van der Waals surface area contributed by atoms with Gasteiger partial charge in [-0.1, -0.05) is 82.8 Å². The predicted molar refractivity (Wildman–Crippen MR) is 117 cm³/mol. The Balaban J connectivity index is 1.86. The van der Waals surface area contributed by atoms with Crippen LogP contribution in [-0.4, -0.2) is 0 Å². The number of hydrogen-bond acceptors (Lipinski definition) is 2. The normalized spacial score (nSPS) is 11.2. The van der Waals surface area contributed by atoms with E-state index in [0.717, 1.165) is 5.56 Å². The Hall–Kier alpha value is -2.44. The minimum absolute atomic E-state index is 0.359. The van der Waals surface area contributed by atoms with E-state index >= 15 is 0 Å². The maximum Gasteiger partial charge on any atom is 0.157 e. The van der Waals surface area contributed by atoms with Gasteiger partial charge in [0.1, 0.15) is 6.61 Å². The van der Waals surface area contributed by atoms with E-state index in [9.17, 15) is 5.26 Å². The quantitative estimate of drug-likeness (QED) is 0.309. The van der Waals surface area contributed by atoms with Gasteiger partial charge in [-0.25, -0.2) is 0 Å². The van der Waals surface area contributed by atoms with Crippen molar-refractivity contribution in [2.24, 2.45) is 0 Å². The Morgan fingerprint density at radius 3 is 2.21 bits per heavy atom. The highest BCUT2D eigenvalue weighted by Crippen LogP contribution is 2.36. The summed E-state index contributed by atoms with van der Waals surface area (Å²) >= 11 is 19.0. The van der Waals surface area contributed by atoms with Crippen LogP contribution in [0.25, 0.3) is 11.6 Å². The number of halogens is 3. The molecule has 0 aliphatic heterocycles. The Bertz CT molecular complexity index is 1040. The summed E-state index contributed by atoms with van der Waals surface area (Å²) in [6.07, 6.45) is 1.70. The maximum absolute atomic E-state index is 9.52. The van der Waals surface area contributed by atoms with Crippen molar-refractivity contribution in [3.8, 4) is 11.8 Å². The van der Waals surface area contributed by atoms with Crippen LogP contribution >= 0.6 is 34.8 Å². The summed E-state index contributed by atoms with van der Waals surface area (Å²) in [4.78, 5) is 0. The van der Waals surface area contributed by atoms with Crippen LogP contribution in [0.3, 0.4) is 0 Å². The van der Waals surface area contributed by atoms with Crippen LogP contribution in [0.5, 0.6) is 5.75 Å². The molecule has 0 amide bonds. The Morgan fingerprint density at radius 2 is 1.61 bits per heavy atom. The molecule has 0 heterocycles. The molecule has 3 aromatic rings. The number of hydrogen-bond donors (Lipinski definition) is 0. The van der Waals surface area contributed by atoms with Crippen molar-refractivity contribution >= 4 is 46.5 Å². The summed E-state index contributed by atoms with van der Waals surface area (Å²) in [5.41, 5.74) is 3.97. The molecule has 3 rings (SSSR count). The molecule has 0 atom stereocenters. The van der Waals surface area contributed by atoms with E-state index in [1.54, 1.807) is 30.3 Å². The van der Waals surface area contributed by atoms with Gasteiger partial charge in [0.15, 0.2) is 5.75 Å². The summed E-state index contributed by atoms with van der Waals surface area (Å²) in [7, 11) is 0. The molecule has 0 radical (unpaired) electrons. The molecule has 28 heavy (non-hydrogen) atoms. The average molecular weight is 429 g/mol. The summed E-state index contributed by atoms with van der Waals surface area (Å²) < 4.78 is 5.81. The van der Waals surface area contributed by atoms with Crippen molar-refractivity contribution in [3.05, 3.63) is 98.0 Å². The van der Waals surface area contributed by atoms with E-state index in [2.05, 4.69) is 6.07 Å². The van der Waals surface area contributed by atoms with Crippen molar-refractivity contribution in [1.29, 1.82) is 5.26 Å². The summed E-state index contributed by atoms with van der Waals surface area (Å²) in [6, 6.07) is 20.8. The molecule has 0 bridgehead atoms. The number of allylic oxidation sites excluding steroid dienone is 1. The van der Waals surface area contributed by atoms with Crippen LogP contribution in [0.2, 0.25) is 15.1 Å². The SMILES string of the molecule is Cc1ccc(COc2c(Cl)cc(C=C(C#N)c3ccccc3Cl)cc2Cl)cc1. The van der Waals surface area contributed by atoms with Crippen molar-refractivity contribution in [2.75, 3.05) is 0 Å². The van der Waals surface area contributed by atoms with E-state index in [4.69, 9.17) is 39.5 Å². The maximum atomic E-state index is 9.52. The number of benzene rings is 3. The van der Waals surface area contributed by atoms with Crippen molar-refractivity contribution in [3.63, 3.8) is 0 Å². The summed E-state index contributed by atoms with van der Waals surface area (Å²) in [5, 5.41) is 10.8. The third kappa shape index (κ3) is 4.88. The first-order valence-corrected chi connectivity index (χ1v) is 9.65. The van der Waals surface area contributed by atoms with Crippen LogP contribution in [0.1, 0.15) is 22.3 Å². The summed E-state index contributed by atoms with van der Waals surface area (Å²) in [6.45, 7) is 2.39. The standard InChI is InChI=1S/C23H16Cl3NO/c1-15-6-8-16(9-7-15)14-28-23-21(25)11-17(12-22(23)26)10-18(13-27)19-4-2-3-5-20(19)24/h2-12H,14H2,1H3. The van der Waals surface area contributed by atoms with Gasteiger partial charge in [-0.3, -0.25) is 0 Å². The van der Waals surface area contributed by atoms with Crippen molar-refractivity contribution in [1.82, 2.24) is 0 Å². The molecule has 0 saturated carbocycles. The molecule has 0 spiro atoms. The first kappa shape index (κ1) is 20.3. The van der Waals surface area contributed by atoms with Gasteiger partial charge in [0, 0.05) is 10.6 Å². The van der Waals surface area contributed by atoms with Gasteiger partial charge in [-0.15, -0.1) is 0 Å². The zero-order valence-electron chi connectivity index (χ0n) is 15.0. The molecule has 2 nitrogen and oxygen atoms in total. The molecule has 0 saturated heterocycles. The molecule has 0 N–H and O–H groups in total. The van der Waals surface area contributed by atoms with Gasteiger partial charge < -0.3 is 4.74 Å². The second kappa shape index (κ2) is 9.17. The first-order chi connectivity index (χ1) is 13.5. The third-order valence-electron chi connectivity index (χ3n) is 4.12. The lowest BCUT2D eigenvalue weighted by atomic mass is 10.0. The van der Waals surface area contributed by atoms with E-state index in [1.165, 1.54) is 5.56 Å². The van der Waals surface area contributed by atoms with Crippen LogP contribution in [0.4, 0.5) is 0 Å². The van der Waals surface area contributed by atoms with Gasteiger partial charge in [-0.05, 0) is 42.3 Å². The van der Waals surface area contributed by atoms with Gasteiger partial charge in [0.25, 0.3) is 0 Å². The van der Waals surface area contributed by atoms with Crippen LogP contribution in [0, 0.1) is 18.3 Å². The molecule has 0 aliphatic rings. The van der Waals surface area contributed by atoms with Crippen molar-refractivity contribution < 1.29 is 4.74 Å². The topological polar surface area (TPSA) is 33.0 Å². The van der Waals surface area contributed by atoms with Crippen LogP contribution < -0.4 is 4.74 Å². The van der Waals surface area contributed by atoms with Gasteiger partial charge >= 0.3 is 0 Å². The monoisotopic (exact) mass is 427 g/mol. The Kier molecular flexibility index (Phi) is 6.65. The van der Waals surface area contributed by atoms with E-state index in [-0.39, 0.29) is 0 Å². The molecule has 5 heteroatoms. The molecule has 0 unspecified atom stereocenters. The number of ether oxygens (including phenoxy) is 1. The number of rotatable bonds is 5. The fourth-order valence-electron chi connectivity index (χ4n) is 2.66. The second-order valence-corrected chi connectivity index (χ2v) is 7.46. The highest BCUT2D eigenvalue weighted by molar-refractivity contribution is 6.37. The zero-order chi connectivity index (χ0) is 20.1. The van der Waals surface area contributed by atoms with E-state index in [1.807, 2.05) is 43.3 Å². The van der Waals surface area contributed by atoms with Gasteiger partial charge in [-0.2, -0.15) is 5.26 Å². The Labute approximate surface area is 179 Å². The first-order valence-electron chi connectivity index (χ1n) is 8.52. The fraction of sp³-hybridized carbons (Fsp3) is 0.0870. The molecular formula is C23H16Cl3NO. The number of aryl methyl sites for hydroxylation is 1. The molecule has 0 fully saturated rings. The minimum Gasteiger partial charge on any atom is -0.486 e. The lowest BCUT2D eigenvalue weighted by Crippen LogP contribution is -1.97. The van der Waals surface area contributed by atoms with E-state index in [0.29, 0.717) is 44.1 Å². The van der Waals surface area contributed by atoms with Crippen LogP contribution in [-0.2, 0) is 6.61 Å². The van der Waals surface area contributed by atoms with Crippen LogP contribution in [0.15, 0.2) is 60.7 Å². The highest BCUT2D eigenvalue weighted by atomic mass is 35.5. The fourth-order valence-corrected chi connectivity index (χ4v) is 3.51. The molecule has 140 valence electrons. The molecule has 0 aromatic heterocycles. The van der Waals surface area contributed by atoms with Crippen molar-refractivity contribution in [2.45, 2.75) is 13.5 Å². The molecule has 0 aliphatic carbocycles. The number of nitriles is 1. The largest absolute Gasteiger partial charge is 0.486 e. The smallest absolute Gasteiger partial charge is 0.157 e. The Morgan fingerprint density at radius 1 is 0.964 bits per heavy atom. The molecular weight excluding hydrogens is 413 g/mol. The predicted octanol–water partition coefficient (Wildman–Crippen LogP) is 7.60. The van der Waals surface area contributed by atoms with Gasteiger partial charge in [0.05, 0.1) is 21.7 Å². The number of nitrogens with zero attached hydrogens (tertiary/aromatic N) is 1. The highest BCUT2D eigenvalue weighted by Gasteiger charge is 2.11.